The predicted molar refractivity (Wildman–Crippen MR) is 71.4 cm³/mol. The highest BCUT2D eigenvalue weighted by Gasteiger charge is 1.99. The standard InChI is InChI=1S/C13H26N2O2/c1-3-4-5-6-7-8-9-10-11-14-15-12(2)13(16)17/h14H,3-11H2,1-2H3,(H,16,17)/b15-12-. The molecule has 0 aliphatic rings. The van der Waals surface area contributed by atoms with Crippen molar-refractivity contribution >= 4 is 11.7 Å². The van der Waals surface area contributed by atoms with Gasteiger partial charge in [0.05, 0.1) is 0 Å². The first-order valence-electron chi connectivity index (χ1n) is 6.69. The second kappa shape index (κ2) is 11.4. The molecule has 100 valence electrons. The quantitative estimate of drug-likeness (QED) is 0.332. The minimum absolute atomic E-state index is 0.115. The fourth-order valence-electron chi connectivity index (χ4n) is 1.56. The Hall–Kier alpha value is -1.06. The van der Waals surface area contributed by atoms with Crippen LogP contribution >= 0.6 is 0 Å². The number of carboxylic acids is 1. The van der Waals surface area contributed by atoms with Crippen LogP contribution in [0.1, 0.15) is 65.2 Å². The number of unbranched alkanes of at least 4 members (excludes halogenated alkanes) is 7. The molecule has 0 aromatic heterocycles. The van der Waals surface area contributed by atoms with Gasteiger partial charge in [-0.15, -0.1) is 0 Å². The Labute approximate surface area is 104 Å². The van der Waals surface area contributed by atoms with Gasteiger partial charge in [0.15, 0.2) is 0 Å². The van der Waals surface area contributed by atoms with Crippen LogP contribution in [0.15, 0.2) is 5.10 Å². The van der Waals surface area contributed by atoms with Crippen LogP contribution in [0.4, 0.5) is 0 Å². The molecule has 17 heavy (non-hydrogen) atoms. The van der Waals surface area contributed by atoms with Gasteiger partial charge in [0.25, 0.3) is 0 Å². The molecule has 0 amide bonds. The molecule has 0 spiro atoms. The molecule has 0 rings (SSSR count). The lowest BCUT2D eigenvalue weighted by Gasteiger charge is -2.02. The molecule has 0 bridgehead atoms. The van der Waals surface area contributed by atoms with Gasteiger partial charge in [-0.2, -0.15) is 5.10 Å². The molecule has 0 aromatic carbocycles. The highest BCUT2D eigenvalue weighted by atomic mass is 16.4. The molecule has 0 saturated carbocycles. The van der Waals surface area contributed by atoms with E-state index in [0.29, 0.717) is 0 Å². The van der Waals surface area contributed by atoms with E-state index in [1.165, 1.54) is 51.9 Å². The molecule has 0 aromatic rings. The van der Waals surface area contributed by atoms with Crippen LogP contribution in [0.2, 0.25) is 0 Å². The van der Waals surface area contributed by atoms with Crippen molar-refractivity contribution in [3.05, 3.63) is 0 Å². The predicted octanol–water partition coefficient (Wildman–Crippen LogP) is 3.18. The van der Waals surface area contributed by atoms with E-state index in [1.54, 1.807) is 0 Å². The molecule has 4 nitrogen and oxygen atoms in total. The summed E-state index contributed by atoms with van der Waals surface area (Å²) in [6.45, 7) is 4.48. The van der Waals surface area contributed by atoms with E-state index in [4.69, 9.17) is 5.11 Å². The molecule has 0 atom stereocenters. The molecule has 0 aliphatic heterocycles. The maximum Gasteiger partial charge on any atom is 0.351 e. The van der Waals surface area contributed by atoms with E-state index in [0.717, 1.165) is 13.0 Å². The van der Waals surface area contributed by atoms with Crippen LogP contribution < -0.4 is 5.43 Å². The molecule has 2 N–H and O–H groups in total. The van der Waals surface area contributed by atoms with Gasteiger partial charge in [0, 0.05) is 6.54 Å². The zero-order chi connectivity index (χ0) is 12.9. The topological polar surface area (TPSA) is 61.7 Å². The van der Waals surface area contributed by atoms with E-state index in [-0.39, 0.29) is 5.71 Å². The van der Waals surface area contributed by atoms with Gasteiger partial charge in [-0.3, -0.25) is 0 Å². The smallest absolute Gasteiger partial charge is 0.351 e. The van der Waals surface area contributed by atoms with E-state index >= 15 is 0 Å². The summed E-state index contributed by atoms with van der Waals surface area (Å²) in [6.07, 6.45) is 10.2. The van der Waals surface area contributed by atoms with Crippen LogP contribution in [-0.2, 0) is 4.79 Å². The highest BCUT2D eigenvalue weighted by molar-refractivity contribution is 6.34. The molecule has 0 saturated heterocycles. The van der Waals surface area contributed by atoms with Gasteiger partial charge < -0.3 is 10.5 Å². The van der Waals surface area contributed by atoms with E-state index in [2.05, 4.69) is 17.5 Å². The van der Waals surface area contributed by atoms with Crippen LogP contribution in [-0.4, -0.2) is 23.3 Å². The molecule has 0 aliphatic carbocycles. The van der Waals surface area contributed by atoms with Gasteiger partial charge >= 0.3 is 5.97 Å². The van der Waals surface area contributed by atoms with Crippen molar-refractivity contribution in [1.29, 1.82) is 0 Å². The van der Waals surface area contributed by atoms with Crippen LogP contribution in [0, 0.1) is 0 Å². The fourth-order valence-corrected chi connectivity index (χ4v) is 1.56. The summed E-state index contributed by atoms with van der Waals surface area (Å²) in [6, 6.07) is 0. The maximum atomic E-state index is 10.4. The average Bonchev–Trinajstić information content (AvgIpc) is 2.31. The molecule has 4 heteroatoms. The number of carboxylic acid groups (broad SMARTS) is 1. The minimum Gasteiger partial charge on any atom is -0.477 e. The number of hydrogen-bond acceptors (Lipinski definition) is 3. The van der Waals surface area contributed by atoms with Crippen molar-refractivity contribution in [2.24, 2.45) is 5.10 Å². The molecular weight excluding hydrogens is 216 g/mol. The molecule has 0 fully saturated rings. The van der Waals surface area contributed by atoms with Gasteiger partial charge in [0.2, 0.25) is 0 Å². The maximum absolute atomic E-state index is 10.4. The first kappa shape index (κ1) is 15.9. The van der Waals surface area contributed by atoms with E-state index < -0.39 is 5.97 Å². The van der Waals surface area contributed by atoms with Crippen LogP contribution in [0.25, 0.3) is 0 Å². The Morgan fingerprint density at radius 3 is 2.12 bits per heavy atom. The van der Waals surface area contributed by atoms with Crippen molar-refractivity contribution < 1.29 is 9.90 Å². The third kappa shape index (κ3) is 11.2. The van der Waals surface area contributed by atoms with Crippen molar-refractivity contribution in [3.63, 3.8) is 0 Å². The zero-order valence-electron chi connectivity index (χ0n) is 11.2. The number of rotatable bonds is 11. The lowest BCUT2D eigenvalue weighted by Crippen LogP contribution is -2.16. The van der Waals surface area contributed by atoms with Crippen molar-refractivity contribution in [1.82, 2.24) is 5.43 Å². The first-order chi connectivity index (χ1) is 8.18. The third-order valence-electron chi connectivity index (χ3n) is 2.70. The second-order valence-electron chi connectivity index (χ2n) is 4.39. The third-order valence-corrected chi connectivity index (χ3v) is 2.70. The number of nitrogens with one attached hydrogen (secondary N) is 1. The van der Waals surface area contributed by atoms with E-state index in [1.807, 2.05) is 0 Å². The second-order valence-corrected chi connectivity index (χ2v) is 4.39. The minimum atomic E-state index is -0.964. The summed E-state index contributed by atoms with van der Waals surface area (Å²) < 4.78 is 0. The zero-order valence-corrected chi connectivity index (χ0v) is 11.2. The summed E-state index contributed by atoms with van der Waals surface area (Å²) in [5, 5.41) is 12.3. The summed E-state index contributed by atoms with van der Waals surface area (Å²) >= 11 is 0. The lowest BCUT2D eigenvalue weighted by atomic mass is 10.1. The van der Waals surface area contributed by atoms with Gasteiger partial charge in [-0.05, 0) is 13.3 Å². The normalized spacial score (nSPS) is 11.5. The van der Waals surface area contributed by atoms with Crippen LogP contribution in [0.5, 0.6) is 0 Å². The van der Waals surface area contributed by atoms with Crippen LogP contribution in [0.3, 0.4) is 0 Å². The highest BCUT2D eigenvalue weighted by Crippen LogP contribution is 2.07. The lowest BCUT2D eigenvalue weighted by molar-refractivity contribution is -0.129. The van der Waals surface area contributed by atoms with Gasteiger partial charge in [-0.1, -0.05) is 51.9 Å². The summed E-state index contributed by atoms with van der Waals surface area (Å²) in [7, 11) is 0. The number of carbonyl (C=O) groups is 1. The molecule has 0 unspecified atom stereocenters. The largest absolute Gasteiger partial charge is 0.477 e. The Morgan fingerprint density at radius 2 is 1.59 bits per heavy atom. The van der Waals surface area contributed by atoms with Crippen molar-refractivity contribution in [2.45, 2.75) is 65.2 Å². The average molecular weight is 242 g/mol. The van der Waals surface area contributed by atoms with Gasteiger partial charge in [0.1, 0.15) is 5.71 Å². The van der Waals surface area contributed by atoms with Crippen molar-refractivity contribution in [3.8, 4) is 0 Å². The number of nitrogens with zero attached hydrogens (tertiary/aromatic N) is 1. The molecule has 0 heterocycles. The molecular formula is C13H26N2O2. The van der Waals surface area contributed by atoms with Gasteiger partial charge in [-0.25, -0.2) is 4.79 Å². The Morgan fingerprint density at radius 1 is 1.06 bits per heavy atom. The summed E-state index contributed by atoms with van der Waals surface area (Å²) in [5.74, 6) is -0.964. The Bertz CT molecular complexity index is 227. The van der Waals surface area contributed by atoms with E-state index in [9.17, 15) is 4.79 Å². The Balaban J connectivity index is 3.19. The number of hydrazone groups is 1. The molecule has 0 radical (unpaired) electrons. The number of aliphatic carboxylic acids is 1. The van der Waals surface area contributed by atoms with Crippen molar-refractivity contribution in [2.75, 3.05) is 6.54 Å². The monoisotopic (exact) mass is 242 g/mol. The SMILES string of the molecule is CCCCCCCCCCN/N=C(/C)C(=O)O. The Kier molecular flexibility index (Phi) is 10.7. The number of hydrogen-bond donors (Lipinski definition) is 2. The fraction of sp³-hybridized carbons (Fsp3) is 0.846. The summed E-state index contributed by atoms with van der Waals surface area (Å²) in [5.41, 5.74) is 2.90. The summed E-state index contributed by atoms with van der Waals surface area (Å²) in [4.78, 5) is 10.4. The first-order valence-corrected chi connectivity index (χ1v) is 6.69.